The molecule has 1 N–H and O–H groups in total. The number of methoxy groups -OCH3 is 2. The van der Waals surface area contributed by atoms with Gasteiger partial charge < -0.3 is 23.7 Å². The maximum absolute atomic E-state index is 13.9. The molecule has 1 aliphatic heterocycles. The molecule has 3 heterocycles. The lowest BCUT2D eigenvalue weighted by Crippen LogP contribution is -2.39. The van der Waals surface area contributed by atoms with E-state index in [9.17, 15) is 19.5 Å². The van der Waals surface area contributed by atoms with Crippen LogP contribution < -0.4 is 24.4 Å². The first-order valence-electron chi connectivity index (χ1n) is 12.6. The standard InChI is InChI=1S/C30H26N2O8S/c1-5-39-29(36)25-16(2)31-30-32(26(25)18-9-11-22(37-3)23(14-18)38-4)27(33)24(41-30)15-20-10-12-21(40-20)17-7-6-8-19(13-17)28(34)35/h6-15,26H,5H2,1-4H3,(H,34,35)/b24-15-. The summed E-state index contributed by atoms with van der Waals surface area (Å²) in [6.45, 7) is 3.58. The molecule has 0 saturated carbocycles. The second-order valence-corrected chi connectivity index (χ2v) is 10.0. The van der Waals surface area contributed by atoms with Gasteiger partial charge in [0.15, 0.2) is 16.3 Å². The van der Waals surface area contributed by atoms with E-state index in [2.05, 4.69) is 4.99 Å². The average Bonchev–Trinajstić information content (AvgIpc) is 3.56. The van der Waals surface area contributed by atoms with Crippen molar-refractivity contribution >= 4 is 29.4 Å². The topological polar surface area (TPSA) is 130 Å². The summed E-state index contributed by atoms with van der Waals surface area (Å²) < 4.78 is 23.9. The molecule has 210 valence electrons. The van der Waals surface area contributed by atoms with Gasteiger partial charge in [0.05, 0.1) is 48.2 Å². The minimum Gasteiger partial charge on any atom is -0.493 e. The van der Waals surface area contributed by atoms with Crippen LogP contribution in [0, 0.1) is 0 Å². The normalized spacial score (nSPS) is 14.8. The van der Waals surface area contributed by atoms with E-state index in [0.717, 1.165) is 11.3 Å². The van der Waals surface area contributed by atoms with Gasteiger partial charge in [0.1, 0.15) is 11.5 Å². The molecule has 41 heavy (non-hydrogen) atoms. The number of allylic oxidation sites excluding steroid dienone is 1. The highest BCUT2D eigenvalue weighted by Crippen LogP contribution is 2.36. The SMILES string of the molecule is CCOC(=O)C1=C(C)N=c2s/c(=C\c3ccc(-c4cccc(C(=O)O)c4)o3)c(=O)n2C1c1ccc(OC)c(OC)c1. The Balaban J connectivity index is 1.64. The van der Waals surface area contributed by atoms with Crippen molar-refractivity contribution in [1.29, 1.82) is 0 Å². The Morgan fingerprint density at radius 3 is 2.59 bits per heavy atom. The number of nitrogens with zero attached hydrogens (tertiary/aromatic N) is 2. The number of aromatic nitrogens is 1. The first-order chi connectivity index (χ1) is 19.7. The Morgan fingerprint density at radius 2 is 1.88 bits per heavy atom. The van der Waals surface area contributed by atoms with Crippen LogP contribution in [-0.2, 0) is 9.53 Å². The van der Waals surface area contributed by atoms with Crippen LogP contribution in [0.3, 0.4) is 0 Å². The Morgan fingerprint density at radius 1 is 1.10 bits per heavy atom. The summed E-state index contributed by atoms with van der Waals surface area (Å²) in [5.41, 5.74) is 1.66. The van der Waals surface area contributed by atoms with E-state index in [0.29, 0.717) is 49.2 Å². The quantitative estimate of drug-likeness (QED) is 0.315. The van der Waals surface area contributed by atoms with Crippen molar-refractivity contribution in [3.63, 3.8) is 0 Å². The highest BCUT2D eigenvalue weighted by molar-refractivity contribution is 7.07. The second kappa shape index (κ2) is 11.3. The molecule has 0 amide bonds. The van der Waals surface area contributed by atoms with Gasteiger partial charge in [-0.3, -0.25) is 9.36 Å². The maximum atomic E-state index is 13.9. The van der Waals surface area contributed by atoms with Gasteiger partial charge in [0.2, 0.25) is 0 Å². The van der Waals surface area contributed by atoms with Crippen molar-refractivity contribution in [1.82, 2.24) is 4.57 Å². The van der Waals surface area contributed by atoms with Crippen LogP contribution in [-0.4, -0.2) is 42.4 Å². The lowest BCUT2D eigenvalue weighted by atomic mass is 9.95. The first kappa shape index (κ1) is 27.7. The minimum atomic E-state index is -1.04. The zero-order chi connectivity index (χ0) is 29.3. The van der Waals surface area contributed by atoms with E-state index in [4.69, 9.17) is 18.6 Å². The van der Waals surface area contributed by atoms with Gasteiger partial charge in [-0.1, -0.05) is 29.5 Å². The van der Waals surface area contributed by atoms with E-state index >= 15 is 0 Å². The monoisotopic (exact) mass is 574 g/mol. The smallest absolute Gasteiger partial charge is 0.338 e. The third-order valence-corrected chi connectivity index (χ3v) is 7.52. The van der Waals surface area contributed by atoms with Gasteiger partial charge in [-0.05, 0) is 55.8 Å². The van der Waals surface area contributed by atoms with E-state index in [1.807, 2.05) is 0 Å². The van der Waals surface area contributed by atoms with Gasteiger partial charge in [0.25, 0.3) is 5.56 Å². The van der Waals surface area contributed by atoms with Gasteiger partial charge in [-0.25, -0.2) is 14.6 Å². The fourth-order valence-electron chi connectivity index (χ4n) is 4.65. The van der Waals surface area contributed by atoms with Gasteiger partial charge in [-0.15, -0.1) is 0 Å². The van der Waals surface area contributed by atoms with Crippen molar-refractivity contribution in [3.8, 4) is 22.8 Å². The Hall–Kier alpha value is -4.90. The van der Waals surface area contributed by atoms with E-state index in [1.54, 1.807) is 62.4 Å². The summed E-state index contributed by atoms with van der Waals surface area (Å²) in [6, 6.07) is 14.2. The fourth-order valence-corrected chi connectivity index (χ4v) is 5.68. The summed E-state index contributed by atoms with van der Waals surface area (Å²) in [4.78, 5) is 43.3. The second-order valence-electron chi connectivity index (χ2n) is 9.00. The molecule has 1 atom stereocenters. The van der Waals surface area contributed by atoms with Gasteiger partial charge in [0, 0.05) is 11.6 Å². The molecule has 0 fully saturated rings. The van der Waals surface area contributed by atoms with Crippen molar-refractivity contribution in [2.24, 2.45) is 4.99 Å². The fraction of sp³-hybridized carbons (Fsp3) is 0.200. The van der Waals surface area contributed by atoms with Crippen molar-refractivity contribution in [2.45, 2.75) is 19.9 Å². The Bertz CT molecular complexity index is 1880. The number of benzene rings is 2. The molecule has 2 aromatic carbocycles. The number of carboxylic acid groups (broad SMARTS) is 1. The number of hydrogen-bond donors (Lipinski definition) is 1. The van der Waals surface area contributed by atoms with Crippen LogP contribution in [0.15, 0.2) is 80.1 Å². The number of furan rings is 1. The molecule has 1 unspecified atom stereocenters. The number of esters is 1. The van der Waals surface area contributed by atoms with Gasteiger partial charge >= 0.3 is 11.9 Å². The number of hydrogen-bond acceptors (Lipinski definition) is 9. The molecular weight excluding hydrogens is 548 g/mol. The molecule has 0 aliphatic carbocycles. The molecule has 5 rings (SSSR count). The van der Waals surface area contributed by atoms with Crippen LogP contribution in [0.2, 0.25) is 0 Å². The predicted octanol–water partition coefficient (Wildman–Crippen LogP) is 3.77. The number of aromatic carboxylic acids is 1. The summed E-state index contributed by atoms with van der Waals surface area (Å²) >= 11 is 1.16. The van der Waals surface area contributed by atoms with Crippen molar-refractivity contribution < 1.29 is 33.3 Å². The van der Waals surface area contributed by atoms with Gasteiger partial charge in [-0.2, -0.15) is 0 Å². The maximum Gasteiger partial charge on any atom is 0.338 e. The summed E-state index contributed by atoms with van der Waals surface area (Å²) in [7, 11) is 3.04. The number of fused-ring (bicyclic) bond motifs is 1. The third kappa shape index (κ3) is 5.19. The molecule has 0 saturated heterocycles. The molecular formula is C30H26N2O8S. The molecule has 0 bridgehead atoms. The first-order valence-corrected chi connectivity index (χ1v) is 13.4. The predicted molar refractivity (Wildman–Crippen MR) is 151 cm³/mol. The average molecular weight is 575 g/mol. The van der Waals surface area contributed by atoms with Crippen LogP contribution in [0.25, 0.3) is 17.4 Å². The summed E-state index contributed by atoms with van der Waals surface area (Å²) in [6.07, 6.45) is 1.60. The molecule has 1 aliphatic rings. The number of carboxylic acids is 1. The largest absolute Gasteiger partial charge is 0.493 e. The van der Waals surface area contributed by atoms with Crippen molar-refractivity contribution in [2.75, 3.05) is 20.8 Å². The molecule has 10 nitrogen and oxygen atoms in total. The molecule has 11 heteroatoms. The van der Waals surface area contributed by atoms with Crippen molar-refractivity contribution in [3.05, 3.63) is 102 Å². The zero-order valence-electron chi connectivity index (χ0n) is 22.7. The van der Waals surface area contributed by atoms with Crippen LogP contribution >= 0.6 is 11.3 Å². The molecule has 0 radical (unpaired) electrons. The Labute approximate surface area is 238 Å². The van der Waals surface area contributed by atoms with E-state index in [1.165, 1.54) is 30.9 Å². The molecule has 2 aromatic heterocycles. The summed E-state index contributed by atoms with van der Waals surface area (Å²) in [5, 5.41) is 9.30. The lowest BCUT2D eigenvalue weighted by Gasteiger charge is -2.25. The van der Waals surface area contributed by atoms with Crippen LogP contribution in [0.1, 0.15) is 41.6 Å². The molecule has 0 spiro atoms. The lowest BCUT2D eigenvalue weighted by molar-refractivity contribution is -0.139. The highest BCUT2D eigenvalue weighted by Gasteiger charge is 2.34. The Kier molecular flexibility index (Phi) is 7.62. The highest BCUT2D eigenvalue weighted by atomic mass is 32.1. The number of carbonyl (C=O) groups is 2. The summed E-state index contributed by atoms with van der Waals surface area (Å²) in [5.74, 6) is 0.193. The van der Waals surface area contributed by atoms with E-state index in [-0.39, 0.29) is 23.3 Å². The van der Waals surface area contributed by atoms with Crippen LogP contribution in [0.5, 0.6) is 11.5 Å². The third-order valence-electron chi connectivity index (χ3n) is 6.53. The number of thiazole rings is 1. The zero-order valence-corrected chi connectivity index (χ0v) is 23.5. The number of carbonyl (C=O) groups excluding carboxylic acids is 1. The van der Waals surface area contributed by atoms with E-state index < -0.39 is 18.0 Å². The number of ether oxygens (including phenoxy) is 3. The van der Waals surface area contributed by atoms with Crippen LogP contribution in [0.4, 0.5) is 0 Å². The molecule has 4 aromatic rings. The minimum absolute atomic E-state index is 0.136. The number of rotatable bonds is 8.